The van der Waals surface area contributed by atoms with Crippen LogP contribution in [0.15, 0.2) is 12.4 Å². The van der Waals surface area contributed by atoms with Crippen LogP contribution in [-0.4, -0.2) is 9.38 Å². The molecule has 1 aliphatic carbocycles. The Bertz CT molecular complexity index is 546. The number of hydrogen-bond donors (Lipinski definition) is 0. The van der Waals surface area contributed by atoms with Crippen molar-refractivity contribution >= 4 is 28.2 Å². The smallest absolute Gasteiger partial charge is 0.182 e. The summed E-state index contributed by atoms with van der Waals surface area (Å²) in [6.07, 6.45) is 5.20. The second-order valence-corrected chi connectivity index (χ2v) is 4.85. The number of aromatic nitrogens is 2. The zero-order valence-corrected chi connectivity index (χ0v) is 9.83. The molecule has 1 fully saturated rings. The third-order valence-electron chi connectivity index (χ3n) is 2.60. The van der Waals surface area contributed by atoms with Gasteiger partial charge in [-0.15, -0.1) is 0 Å². The molecule has 0 N–H and O–H groups in total. The van der Waals surface area contributed by atoms with Crippen LogP contribution < -0.4 is 0 Å². The monoisotopic (exact) mass is 320 g/mol. The summed E-state index contributed by atoms with van der Waals surface area (Å²) >= 11 is 1.66. The molecular formula is C10H7F2IN2. The maximum absolute atomic E-state index is 13.6. The molecule has 0 spiro atoms. The molecule has 0 aliphatic heterocycles. The van der Waals surface area contributed by atoms with Crippen molar-refractivity contribution in [2.45, 2.75) is 18.8 Å². The minimum Gasteiger partial charge on any atom is -0.301 e. The fourth-order valence-corrected chi connectivity index (χ4v) is 2.01. The third-order valence-corrected chi connectivity index (χ3v) is 3.59. The highest BCUT2D eigenvalue weighted by Crippen LogP contribution is 2.39. The number of pyridine rings is 1. The van der Waals surface area contributed by atoms with E-state index in [1.165, 1.54) is 10.6 Å². The molecule has 1 aliphatic rings. The molecule has 2 heterocycles. The Hall–Kier alpha value is -0.720. The van der Waals surface area contributed by atoms with Crippen LogP contribution in [0.2, 0.25) is 0 Å². The molecular weight excluding hydrogens is 313 g/mol. The summed E-state index contributed by atoms with van der Waals surface area (Å²) in [4.78, 5) is 4.19. The first-order valence-corrected chi connectivity index (χ1v) is 5.77. The number of imidazole rings is 1. The van der Waals surface area contributed by atoms with Gasteiger partial charge in [-0.25, -0.2) is 13.8 Å². The molecule has 0 bridgehead atoms. The highest BCUT2D eigenvalue weighted by Gasteiger charge is 2.27. The molecule has 0 atom stereocenters. The van der Waals surface area contributed by atoms with Gasteiger partial charge < -0.3 is 4.40 Å². The van der Waals surface area contributed by atoms with Crippen molar-refractivity contribution in [3.63, 3.8) is 0 Å². The van der Waals surface area contributed by atoms with Crippen molar-refractivity contribution in [3.05, 3.63) is 33.3 Å². The largest absolute Gasteiger partial charge is 0.301 e. The van der Waals surface area contributed by atoms with Gasteiger partial charge in [0.15, 0.2) is 17.3 Å². The normalized spacial score (nSPS) is 16.2. The van der Waals surface area contributed by atoms with Gasteiger partial charge in [-0.1, -0.05) is 0 Å². The molecule has 2 aromatic rings. The van der Waals surface area contributed by atoms with Crippen molar-refractivity contribution in [3.8, 4) is 0 Å². The first-order chi connectivity index (χ1) is 7.16. The molecule has 5 heteroatoms. The van der Waals surface area contributed by atoms with E-state index in [4.69, 9.17) is 0 Å². The Kier molecular flexibility index (Phi) is 1.99. The van der Waals surface area contributed by atoms with Gasteiger partial charge in [-0.3, -0.25) is 0 Å². The summed E-state index contributed by atoms with van der Waals surface area (Å²) in [5.41, 5.74) is 1.10. The van der Waals surface area contributed by atoms with Crippen LogP contribution in [0.3, 0.4) is 0 Å². The van der Waals surface area contributed by atoms with Gasteiger partial charge in [0.05, 0.1) is 9.26 Å². The lowest BCUT2D eigenvalue weighted by atomic mass is 10.3. The number of nitrogens with zero attached hydrogens (tertiary/aromatic N) is 2. The van der Waals surface area contributed by atoms with E-state index in [1.54, 1.807) is 28.8 Å². The van der Waals surface area contributed by atoms with Gasteiger partial charge in [-0.05, 0) is 35.4 Å². The van der Waals surface area contributed by atoms with Crippen LogP contribution in [0.4, 0.5) is 8.78 Å². The summed E-state index contributed by atoms with van der Waals surface area (Å²) < 4.78 is 28.3. The highest BCUT2D eigenvalue weighted by molar-refractivity contribution is 14.1. The molecule has 15 heavy (non-hydrogen) atoms. The minimum atomic E-state index is -0.567. The van der Waals surface area contributed by atoms with Gasteiger partial charge in [0.25, 0.3) is 0 Å². The zero-order valence-electron chi connectivity index (χ0n) is 7.67. The third kappa shape index (κ3) is 1.44. The maximum Gasteiger partial charge on any atom is 0.182 e. The van der Waals surface area contributed by atoms with Crippen LogP contribution in [0.5, 0.6) is 0 Å². The number of fused-ring (bicyclic) bond motifs is 1. The second kappa shape index (κ2) is 3.13. The summed E-state index contributed by atoms with van der Waals surface area (Å²) in [6.45, 7) is 0. The minimum absolute atomic E-state index is 0.00745. The van der Waals surface area contributed by atoms with E-state index >= 15 is 0 Å². The zero-order chi connectivity index (χ0) is 10.6. The van der Waals surface area contributed by atoms with E-state index in [2.05, 4.69) is 4.98 Å². The molecule has 0 saturated heterocycles. The lowest BCUT2D eigenvalue weighted by molar-refractivity contribution is 0.564. The van der Waals surface area contributed by atoms with Gasteiger partial charge in [0.1, 0.15) is 0 Å². The van der Waals surface area contributed by atoms with Crippen molar-refractivity contribution in [1.82, 2.24) is 9.38 Å². The van der Waals surface area contributed by atoms with Crippen LogP contribution >= 0.6 is 22.6 Å². The average molecular weight is 320 g/mol. The molecule has 0 aromatic carbocycles. The summed E-state index contributed by atoms with van der Waals surface area (Å²) in [6, 6.07) is 0. The van der Waals surface area contributed by atoms with Crippen molar-refractivity contribution in [2.75, 3.05) is 0 Å². The summed E-state index contributed by atoms with van der Waals surface area (Å²) in [7, 11) is 0. The standard InChI is InChI=1S/C10H7F2IN2/c11-6-3-15-4-7(5-1-2-5)14-10(15)8(12)9(6)13/h3-5H,1-2H2. The van der Waals surface area contributed by atoms with E-state index in [0.717, 1.165) is 18.5 Å². The molecule has 2 aromatic heterocycles. The molecule has 2 nitrogen and oxygen atoms in total. The lowest BCUT2D eigenvalue weighted by Gasteiger charge is -1.98. The molecule has 3 rings (SSSR count). The van der Waals surface area contributed by atoms with Crippen LogP contribution in [-0.2, 0) is 0 Å². The number of hydrogen-bond acceptors (Lipinski definition) is 1. The van der Waals surface area contributed by atoms with Crippen LogP contribution in [0, 0.1) is 15.2 Å². The predicted octanol–water partition coefficient (Wildman–Crippen LogP) is 3.09. The topological polar surface area (TPSA) is 17.3 Å². The first-order valence-electron chi connectivity index (χ1n) is 4.69. The predicted molar refractivity (Wildman–Crippen MR) is 59.8 cm³/mol. The van der Waals surface area contributed by atoms with E-state index in [9.17, 15) is 8.78 Å². The van der Waals surface area contributed by atoms with Gasteiger partial charge in [0.2, 0.25) is 0 Å². The van der Waals surface area contributed by atoms with E-state index in [-0.39, 0.29) is 9.22 Å². The molecule has 1 saturated carbocycles. The second-order valence-electron chi connectivity index (χ2n) is 3.78. The summed E-state index contributed by atoms with van der Waals surface area (Å²) in [5, 5.41) is 0. The van der Waals surface area contributed by atoms with Gasteiger partial charge in [-0.2, -0.15) is 0 Å². The molecule has 0 radical (unpaired) electrons. The maximum atomic E-state index is 13.6. The summed E-state index contributed by atoms with van der Waals surface area (Å²) in [5.74, 6) is -0.659. The number of halogens is 3. The van der Waals surface area contributed by atoms with Gasteiger partial charge >= 0.3 is 0 Å². The van der Waals surface area contributed by atoms with E-state index in [0.29, 0.717) is 5.92 Å². The van der Waals surface area contributed by atoms with E-state index in [1.807, 2.05) is 0 Å². The fourth-order valence-electron chi connectivity index (χ4n) is 1.63. The number of rotatable bonds is 1. The molecule has 78 valence electrons. The van der Waals surface area contributed by atoms with Crippen molar-refractivity contribution < 1.29 is 8.78 Å². The molecule has 0 unspecified atom stereocenters. The van der Waals surface area contributed by atoms with Crippen LogP contribution in [0.1, 0.15) is 24.5 Å². The Morgan fingerprint density at radius 1 is 1.33 bits per heavy atom. The van der Waals surface area contributed by atoms with Crippen LogP contribution in [0.25, 0.3) is 5.65 Å². The Labute approximate surface area is 98.5 Å². The fraction of sp³-hybridized carbons (Fsp3) is 0.300. The van der Waals surface area contributed by atoms with Crippen molar-refractivity contribution in [1.29, 1.82) is 0 Å². The van der Waals surface area contributed by atoms with Crippen molar-refractivity contribution in [2.24, 2.45) is 0 Å². The average Bonchev–Trinajstić information content (AvgIpc) is 2.97. The van der Waals surface area contributed by atoms with Gasteiger partial charge in [0, 0.05) is 18.3 Å². The molecule has 0 amide bonds. The SMILES string of the molecule is Fc1cn2cc(C3CC3)nc2c(F)c1I. The van der Waals surface area contributed by atoms with E-state index < -0.39 is 11.6 Å². The highest BCUT2D eigenvalue weighted by atomic mass is 127. The first kappa shape index (κ1) is 9.50. The lowest BCUT2D eigenvalue weighted by Crippen LogP contribution is -1.95. The Morgan fingerprint density at radius 2 is 2.07 bits per heavy atom. The Balaban J connectivity index is 2.29. The Morgan fingerprint density at radius 3 is 2.73 bits per heavy atom. The quantitative estimate of drug-likeness (QED) is 0.738.